The zero-order chi connectivity index (χ0) is 41.8. The highest BCUT2D eigenvalue weighted by Gasteiger charge is 2.28. The monoisotopic (exact) mass is 835 g/mol. The van der Waals surface area contributed by atoms with Crippen LogP contribution in [0.3, 0.4) is 0 Å². The zero-order valence-corrected chi connectivity index (χ0v) is 36.1. The number of fused-ring (bicyclic) bond motifs is 4. The van der Waals surface area contributed by atoms with Crippen molar-refractivity contribution in [3.63, 3.8) is 0 Å². The van der Waals surface area contributed by atoms with Crippen LogP contribution < -0.4 is 0 Å². The molecule has 9 rings (SSSR count). The van der Waals surface area contributed by atoms with E-state index in [1.165, 1.54) is 22.3 Å². The number of benzene rings is 4. The fourth-order valence-corrected chi connectivity index (χ4v) is 9.04. The number of aromatic nitrogens is 6. The van der Waals surface area contributed by atoms with Crippen LogP contribution in [0.2, 0.25) is 0 Å². The molecule has 0 amide bonds. The Hall–Kier alpha value is -5.08. The van der Waals surface area contributed by atoms with Crippen LogP contribution in [0.4, 0.5) is 0 Å². The van der Waals surface area contributed by atoms with E-state index in [2.05, 4.69) is 150 Å². The molecule has 5 heterocycles. The summed E-state index contributed by atoms with van der Waals surface area (Å²) in [6, 6.07) is 43.2. The summed E-state index contributed by atoms with van der Waals surface area (Å²) in [6.07, 6.45) is 6.05. The second-order valence-electron chi connectivity index (χ2n) is 17.2. The van der Waals surface area contributed by atoms with Crippen LogP contribution in [0.25, 0.3) is 0 Å². The van der Waals surface area contributed by atoms with Gasteiger partial charge in [-0.05, 0) is 60.8 Å². The minimum atomic E-state index is -0.117. The van der Waals surface area contributed by atoms with Crippen molar-refractivity contribution in [2.45, 2.75) is 103 Å². The van der Waals surface area contributed by atoms with E-state index < -0.39 is 0 Å². The number of ether oxygens (including phenoxy) is 2. The summed E-state index contributed by atoms with van der Waals surface area (Å²) in [5, 5.41) is 10.6. The maximum atomic E-state index is 6.43. The van der Waals surface area contributed by atoms with Gasteiger partial charge in [-0.25, -0.2) is 19.3 Å². The molecule has 12 nitrogen and oxygen atoms in total. The van der Waals surface area contributed by atoms with E-state index in [-0.39, 0.29) is 12.5 Å². The molecule has 2 unspecified atom stereocenters. The molecule has 12 heteroatoms. The summed E-state index contributed by atoms with van der Waals surface area (Å²) in [7, 11) is 0. The summed E-state index contributed by atoms with van der Waals surface area (Å²) in [6.45, 7) is 10.5. The molecule has 2 fully saturated rings. The summed E-state index contributed by atoms with van der Waals surface area (Å²) in [5.74, 6) is 3.60. The highest BCUT2D eigenvalue weighted by Crippen LogP contribution is 2.27. The minimum absolute atomic E-state index is 0.117. The smallest absolute Gasteiger partial charge is 0.165 e. The van der Waals surface area contributed by atoms with Gasteiger partial charge in [0.1, 0.15) is 11.6 Å². The highest BCUT2D eigenvalue weighted by molar-refractivity contribution is 5.18. The van der Waals surface area contributed by atoms with Gasteiger partial charge in [0, 0.05) is 65.6 Å². The van der Waals surface area contributed by atoms with Gasteiger partial charge in [-0.3, -0.25) is 19.6 Å². The van der Waals surface area contributed by atoms with Crippen molar-refractivity contribution in [2.24, 2.45) is 0 Å². The van der Waals surface area contributed by atoms with Gasteiger partial charge in [0.05, 0.1) is 26.2 Å². The molecular formula is C50H62N10O2. The third-order valence-electron chi connectivity index (χ3n) is 12.3. The van der Waals surface area contributed by atoms with E-state index in [1.54, 1.807) is 0 Å². The Morgan fingerprint density at radius 2 is 0.726 bits per heavy atom. The first-order valence-electron chi connectivity index (χ1n) is 22.8. The van der Waals surface area contributed by atoms with E-state index >= 15 is 0 Å². The quantitative estimate of drug-likeness (QED) is 0.135. The molecule has 3 aliphatic heterocycles. The Kier molecular flexibility index (Phi) is 14.5. The standard InChI is InChI=1S/C50H62N10O2/c1-5-17-41(18-6-1)33-55-27-28-56(34-42-19-7-2-8-20-42)38-46-52-48(60(54-46)50-26-14-16-32-62-50)40-58(36-44-23-11-4-12-24-44)30-29-57(35-43-21-9-3-10-22-43)39-47-51-45(37-55)53-59(47)49-25-13-15-31-61-49/h1-12,17-24,49-50H,13-16,25-40H2. The number of rotatable bonds is 10. The molecule has 0 N–H and O–H groups in total. The van der Waals surface area contributed by atoms with Crippen LogP contribution in [0.5, 0.6) is 0 Å². The Bertz CT molecular complexity index is 2060. The lowest BCUT2D eigenvalue weighted by Crippen LogP contribution is -2.36. The summed E-state index contributed by atoms with van der Waals surface area (Å²) >= 11 is 0. The Balaban J connectivity index is 1.11. The van der Waals surface area contributed by atoms with Gasteiger partial charge in [0.2, 0.25) is 0 Å². The van der Waals surface area contributed by atoms with Gasteiger partial charge in [-0.1, -0.05) is 121 Å². The van der Waals surface area contributed by atoms with E-state index in [0.29, 0.717) is 26.2 Å². The van der Waals surface area contributed by atoms with Crippen LogP contribution in [0.1, 0.15) is 96.5 Å². The van der Waals surface area contributed by atoms with Crippen molar-refractivity contribution in [3.8, 4) is 0 Å². The molecule has 0 saturated carbocycles. The van der Waals surface area contributed by atoms with Crippen molar-refractivity contribution < 1.29 is 9.47 Å². The van der Waals surface area contributed by atoms with E-state index in [9.17, 15) is 0 Å². The lowest BCUT2D eigenvalue weighted by molar-refractivity contribution is -0.0433. The van der Waals surface area contributed by atoms with Crippen molar-refractivity contribution in [2.75, 3.05) is 39.4 Å². The van der Waals surface area contributed by atoms with Crippen LogP contribution in [-0.4, -0.2) is 88.5 Å². The van der Waals surface area contributed by atoms with E-state index in [0.717, 1.165) is 127 Å². The van der Waals surface area contributed by atoms with Crippen molar-refractivity contribution >= 4 is 0 Å². The lowest BCUT2D eigenvalue weighted by atomic mass is 10.2. The molecule has 4 bridgehead atoms. The molecule has 4 aromatic carbocycles. The largest absolute Gasteiger partial charge is 0.356 e. The Labute approximate surface area is 367 Å². The summed E-state index contributed by atoms with van der Waals surface area (Å²) in [4.78, 5) is 20.9. The van der Waals surface area contributed by atoms with Crippen molar-refractivity contribution in [3.05, 3.63) is 167 Å². The van der Waals surface area contributed by atoms with Gasteiger partial charge in [-0.15, -0.1) is 0 Å². The van der Waals surface area contributed by atoms with E-state index in [4.69, 9.17) is 29.6 Å². The first-order valence-corrected chi connectivity index (χ1v) is 22.8. The molecule has 0 aliphatic carbocycles. The predicted octanol–water partition coefficient (Wildman–Crippen LogP) is 7.99. The number of hydrogen-bond acceptors (Lipinski definition) is 10. The van der Waals surface area contributed by atoms with E-state index in [1.807, 2.05) is 0 Å². The normalized spacial score (nSPS) is 20.7. The van der Waals surface area contributed by atoms with Crippen LogP contribution in [0.15, 0.2) is 121 Å². The zero-order valence-electron chi connectivity index (χ0n) is 36.1. The van der Waals surface area contributed by atoms with Gasteiger partial charge in [-0.2, -0.15) is 10.2 Å². The molecule has 3 aliphatic rings. The molecule has 0 radical (unpaired) electrons. The van der Waals surface area contributed by atoms with Gasteiger partial charge in [0.15, 0.2) is 24.1 Å². The van der Waals surface area contributed by atoms with Gasteiger partial charge < -0.3 is 9.47 Å². The Morgan fingerprint density at radius 1 is 0.403 bits per heavy atom. The first kappa shape index (κ1) is 42.2. The van der Waals surface area contributed by atoms with Crippen molar-refractivity contribution in [1.82, 2.24) is 49.1 Å². The third-order valence-corrected chi connectivity index (χ3v) is 12.3. The molecule has 324 valence electrons. The SMILES string of the molecule is c1ccc(CN2CCN(Cc3ccccc3)Cc3nc(n(C4CCCCO4)n3)CN(Cc3ccccc3)CCN(Cc3ccccc3)Cc3nc(nn3C3CCCCO3)C2)cc1. The molecule has 6 aromatic rings. The Morgan fingerprint density at radius 3 is 1.03 bits per heavy atom. The molecule has 0 spiro atoms. The lowest BCUT2D eigenvalue weighted by Gasteiger charge is -2.29. The molecule has 2 aromatic heterocycles. The average molecular weight is 835 g/mol. The average Bonchev–Trinajstić information content (AvgIpc) is 3.91. The van der Waals surface area contributed by atoms with Crippen LogP contribution in [0, 0.1) is 0 Å². The van der Waals surface area contributed by atoms with Gasteiger partial charge >= 0.3 is 0 Å². The number of nitrogens with zero attached hydrogens (tertiary/aromatic N) is 10. The maximum absolute atomic E-state index is 6.43. The molecule has 62 heavy (non-hydrogen) atoms. The van der Waals surface area contributed by atoms with Crippen LogP contribution >= 0.6 is 0 Å². The second-order valence-corrected chi connectivity index (χ2v) is 17.2. The number of hydrogen-bond donors (Lipinski definition) is 0. The van der Waals surface area contributed by atoms with Crippen molar-refractivity contribution in [1.29, 1.82) is 0 Å². The topological polar surface area (TPSA) is 92.8 Å². The third kappa shape index (κ3) is 11.7. The molecule has 2 saturated heterocycles. The molecular weight excluding hydrogens is 773 g/mol. The summed E-state index contributed by atoms with van der Waals surface area (Å²) in [5.41, 5.74) is 5.09. The predicted molar refractivity (Wildman–Crippen MR) is 240 cm³/mol. The molecule has 2 atom stereocenters. The van der Waals surface area contributed by atoms with Crippen LogP contribution in [-0.2, 0) is 61.8 Å². The highest BCUT2D eigenvalue weighted by atomic mass is 16.5. The second kappa shape index (κ2) is 21.3. The fourth-order valence-electron chi connectivity index (χ4n) is 9.04. The van der Waals surface area contributed by atoms with Gasteiger partial charge in [0.25, 0.3) is 0 Å². The summed E-state index contributed by atoms with van der Waals surface area (Å²) < 4.78 is 17.1. The fraction of sp³-hybridized carbons (Fsp3) is 0.440. The minimum Gasteiger partial charge on any atom is -0.356 e. The maximum Gasteiger partial charge on any atom is 0.165 e. The first-order chi connectivity index (χ1) is 30.7.